The Morgan fingerprint density at radius 3 is 2.37 bits per heavy atom. The monoisotopic (exact) mass is 256 g/mol. The molecule has 4 heteroatoms. The molecule has 0 bridgehead atoms. The summed E-state index contributed by atoms with van der Waals surface area (Å²) in [5.41, 5.74) is 4.76. The van der Waals surface area contributed by atoms with E-state index in [4.69, 9.17) is 0 Å². The molecule has 1 N–H and O–H groups in total. The number of carbonyl (C=O) groups is 1. The number of benzene rings is 2. The predicted molar refractivity (Wildman–Crippen MR) is 72.6 cm³/mol. The van der Waals surface area contributed by atoms with Gasteiger partial charge in [0.2, 0.25) is 0 Å². The molecule has 0 saturated carbocycles. The highest BCUT2D eigenvalue weighted by Crippen LogP contribution is 2.03. The van der Waals surface area contributed by atoms with Gasteiger partial charge in [-0.25, -0.2) is 9.82 Å². The summed E-state index contributed by atoms with van der Waals surface area (Å²) in [6, 6.07) is 13.0. The molecule has 0 unspecified atom stereocenters. The molecule has 0 aliphatic carbocycles. The normalized spacial score (nSPS) is 10.6. The summed E-state index contributed by atoms with van der Waals surface area (Å²) < 4.78 is 12.7. The van der Waals surface area contributed by atoms with Crippen LogP contribution in [-0.4, -0.2) is 12.1 Å². The van der Waals surface area contributed by atoms with Crippen LogP contribution in [0, 0.1) is 12.7 Å². The fraction of sp³-hybridized carbons (Fsp3) is 0.0667. The summed E-state index contributed by atoms with van der Waals surface area (Å²) in [4.78, 5) is 11.7. The van der Waals surface area contributed by atoms with Crippen molar-refractivity contribution in [1.82, 2.24) is 5.43 Å². The van der Waals surface area contributed by atoms with E-state index in [1.165, 1.54) is 18.3 Å². The molecular weight excluding hydrogens is 243 g/mol. The van der Waals surface area contributed by atoms with Crippen LogP contribution >= 0.6 is 0 Å². The van der Waals surface area contributed by atoms with E-state index in [1.807, 2.05) is 19.1 Å². The Kier molecular flexibility index (Phi) is 4.03. The van der Waals surface area contributed by atoms with Crippen LogP contribution in [0.2, 0.25) is 0 Å². The lowest BCUT2D eigenvalue weighted by Crippen LogP contribution is -2.17. The van der Waals surface area contributed by atoms with Gasteiger partial charge in [0, 0.05) is 5.56 Å². The van der Waals surface area contributed by atoms with Gasteiger partial charge >= 0.3 is 0 Å². The first kappa shape index (κ1) is 13.0. The second-order valence-electron chi connectivity index (χ2n) is 4.12. The van der Waals surface area contributed by atoms with Crippen molar-refractivity contribution in [3.05, 3.63) is 71.0 Å². The zero-order chi connectivity index (χ0) is 13.7. The van der Waals surface area contributed by atoms with Crippen LogP contribution in [0.25, 0.3) is 0 Å². The maximum Gasteiger partial charge on any atom is 0.271 e. The molecule has 0 aromatic heterocycles. The van der Waals surface area contributed by atoms with Crippen LogP contribution < -0.4 is 5.43 Å². The molecule has 0 radical (unpaired) electrons. The number of amides is 1. The molecule has 0 fully saturated rings. The van der Waals surface area contributed by atoms with Gasteiger partial charge in [-0.3, -0.25) is 4.79 Å². The third-order valence-corrected chi connectivity index (χ3v) is 2.56. The number of hydrogen-bond acceptors (Lipinski definition) is 2. The molecular formula is C15H13FN2O. The highest BCUT2D eigenvalue weighted by molar-refractivity contribution is 5.94. The Hall–Kier alpha value is -2.49. The van der Waals surface area contributed by atoms with Crippen molar-refractivity contribution in [2.75, 3.05) is 0 Å². The molecule has 0 saturated heterocycles. The minimum absolute atomic E-state index is 0.279. The first-order valence-corrected chi connectivity index (χ1v) is 5.81. The highest BCUT2D eigenvalue weighted by Gasteiger charge is 2.02. The van der Waals surface area contributed by atoms with E-state index in [2.05, 4.69) is 10.5 Å². The van der Waals surface area contributed by atoms with E-state index >= 15 is 0 Å². The Labute approximate surface area is 110 Å². The molecule has 2 rings (SSSR count). The lowest BCUT2D eigenvalue weighted by Gasteiger charge is -2.00. The number of hydrazone groups is 1. The second kappa shape index (κ2) is 5.91. The predicted octanol–water partition coefficient (Wildman–Crippen LogP) is 2.90. The van der Waals surface area contributed by atoms with Gasteiger partial charge in [-0.1, -0.05) is 29.8 Å². The standard InChI is InChI=1S/C15H13FN2O/c1-11-2-6-13(7-3-11)15(19)18-17-10-12-4-8-14(16)9-5-12/h2-10H,1H3,(H,18,19)/b17-10+. The molecule has 0 heterocycles. The molecule has 0 aliphatic heterocycles. The minimum atomic E-state index is -0.305. The number of halogens is 1. The minimum Gasteiger partial charge on any atom is -0.267 e. The number of nitrogens with one attached hydrogen (secondary N) is 1. The first-order chi connectivity index (χ1) is 9.15. The highest BCUT2D eigenvalue weighted by atomic mass is 19.1. The summed E-state index contributed by atoms with van der Waals surface area (Å²) in [6.45, 7) is 1.95. The molecule has 19 heavy (non-hydrogen) atoms. The number of aryl methyl sites for hydroxylation is 1. The first-order valence-electron chi connectivity index (χ1n) is 5.81. The van der Waals surface area contributed by atoms with Gasteiger partial charge < -0.3 is 0 Å². The molecule has 2 aromatic rings. The fourth-order valence-corrected chi connectivity index (χ4v) is 1.48. The maximum atomic E-state index is 12.7. The molecule has 96 valence electrons. The van der Waals surface area contributed by atoms with Crippen LogP contribution in [-0.2, 0) is 0 Å². The molecule has 3 nitrogen and oxygen atoms in total. The van der Waals surface area contributed by atoms with E-state index in [0.717, 1.165) is 5.56 Å². The summed E-state index contributed by atoms with van der Waals surface area (Å²) >= 11 is 0. The van der Waals surface area contributed by atoms with Crippen molar-refractivity contribution in [1.29, 1.82) is 0 Å². The summed E-state index contributed by atoms with van der Waals surface area (Å²) in [5.74, 6) is -0.584. The van der Waals surface area contributed by atoms with Crippen LogP contribution in [0.3, 0.4) is 0 Å². The summed E-state index contributed by atoms with van der Waals surface area (Å²) in [5, 5.41) is 3.82. The third-order valence-electron chi connectivity index (χ3n) is 2.56. The van der Waals surface area contributed by atoms with Crippen molar-refractivity contribution in [2.24, 2.45) is 5.10 Å². The van der Waals surface area contributed by atoms with Crippen molar-refractivity contribution >= 4 is 12.1 Å². The second-order valence-corrected chi connectivity index (χ2v) is 4.12. The fourth-order valence-electron chi connectivity index (χ4n) is 1.48. The van der Waals surface area contributed by atoms with E-state index < -0.39 is 0 Å². The number of hydrogen-bond donors (Lipinski definition) is 1. The van der Waals surface area contributed by atoms with Gasteiger partial charge in [0.1, 0.15) is 5.82 Å². The van der Waals surface area contributed by atoms with Crippen molar-refractivity contribution in [3.63, 3.8) is 0 Å². The van der Waals surface area contributed by atoms with E-state index in [0.29, 0.717) is 11.1 Å². The molecule has 2 aromatic carbocycles. The van der Waals surface area contributed by atoms with Crippen LogP contribution in [0.1, 0.15) is 21.5 Å². The lowest BCUT2D eigenvalue weighted by molar-refractivity contribution is 0.0955. The largest absolute Gasteiger partial charge is 0.271 e. The third kappa shape index (κ3) is 3.74. The summed E-state index contributed by atoms with van der Waals surface area (Å²) in [7, 11) is 0. The molecule has 1 amide bonds. The number of rotatable bonds is 3. The Balaban J connectivity index is 1.96. The average Bonchev–Trinajstić information content (AvgIpc) is 2.41. The van der Waals surface area contributed by atoms with Crippen molar-refractivity contribution in [3.8, 4) is 0 Å². The smallest absolute Gasteiger partial charge is 0.267 e. The zero-order valence-electron chi connectivity index (χ0n) is 10.4. The topological polar surface area (TPSA) is 41.5 Å². The molecule has 0 aliphatic rings. The maximum absolute atomic E-state index is 12.7. The molecule has 0 atom stereocenters. The van der Waals surface area contributed by atoms with Gasteiger partial charge in [-0.05, 0) is 36.8 Å². The van der Waals surface area contributed by atoms with Crippen LogP contribution in [0.15, 0.2) is 53.6 Å². The van der Waals surface area contributed by atoms with E-state index in [9.17, 15) is 9.18 Å². The van der Waals surface area contributed by atoms with E-state index in [-0.39, 0.29) is 11.7 Å². The lowest BCUT2D eigenvalue weighted by atomic mass is 10.1. The SMILES string of the molecule is Cc1ccc(C(=O)N/N=C/c2ccc(F)cc2)cc1. The van der Waals surface area contributed by atoms with Crippen molar-refractivity contribution in [2.45, 2.75) is 6.92 Å². The Morgan fingerprint density at radius 1 is 1.11 bits per heavy atom. The number of nitrogens with zero attached hydrogens (tertiary/aromatic N) is 1. The van der Waals surface area contributed by atoms with Gasteiger partial charge in [-0.15, -0.1) is 0 Å². The van der Waals surface area contributed by atoms with Gasteiger partial charge in [-0.2, -0.15) is 5.10 Å². The molecule has 0 spiro atoms. The van der Waals surface area contributed by atoms with E-state index in [1.54, 1.807) is 24.3 Å². The van der Waals surface area contributed by atoms with Crippen molar-refractivity contribution < 1.29 is 9.18 Å². The quantitative estimate of drug-likeness (QED) is 0.665. The average molecular weight is 256 g/mol. The van der Waals surface area contributed by atoms with Crippen LogP contribution in [0.5, 0.6) is 0 Å². The zero-order valence-corrected chi connectivity index (χ0v) is 10.4. The van der Waals surface area contributed by atoms with Gasteiger partial charge in [0.15, 0.2) is 0 Å². The summed E-state index contributed by atoms with van der Waals surface area (Å²) in [6.07, 6.45) is 1.46. The van der Waals surface area contributed by atoms with Crippen LogP contribution in [0.4, 0.5) is 4.39 Å². The Morgan fingerprint density at radius 2 is 1.74 bits per heavy atom. The van der Waals surface area contributed by atoms with Gasteiger partial charge in [0.25, 0.3) is 5.91 Å². The van der Waals surface area contributed by atoms with Gasteiger partial charge in [0.05, 0.1) is 6.21 Å². The Bertz CT molecular complexity index is 589. The number of carbonyl (C=O) groups excluding carboxylic acids is 1.